The second kappa shape index (κ2) is 15.2. The summed E-state index contributed by atoms with van der Waals surface area (Å²) in [4.78, 5) is 56.9. The Morgan fingerprint density at radius 1 is 1.03 bits per heavy atom. The molecular weight excluding hydrogens is 504 g/mol. The maximum absolute atomic E-state index is 13.0. The van der Waals surface area contributed by atoms with E-state index >= 15 is 0 Å². The van der Waals surface area contributed by atoms with E-state index in [0.29, 0.717) is 17.9 Å². The van der Waals surface area contributed by atoms with Crippen molar-refractivity contribution in [2.24, 2.45) is 5.73 Å². The Kier molecular flexibility index (Phi) is 12.3. The minimum absolute atomic E-state index is 0.0716. The standard InChI is InChI=1S/C23H32N6O5S2/c1-36-8-7-17(27-20(30)16(24)10-15-11-25-13-26-15)21(31)29-19(12-35)22(32)28-18(23(33)34)9-14-5-3-2-4-6-14/h2-6,11,13,16-19,35H,7-10,12,24H2,1H3,(H,25,26)(H,27,30)(H,28,32)(H,29,31)(H,33,34). The fraction of sp³-hybridized carbons (Fsp3) is 0.435. The van der Waals surface area contributed by atoms with Crippen molar-refractivity contribution in [3.8, 4) is 0 Å². The molecule has 7 N–H and O–H groups in total. The highest BCUT2D eigenvalue weighted by Crippen LogP contribution is 2.06. The molecule has 1 aromatic heterocycles. The number of aliphatic carboxylic acids is 1. The molecule has 0 aliphatic rings. The highest BCUT2D eigenvalue weighted by atomic mass is 32.2. The van der Waals surface area contributed by atoms with Crippen molar-refractivity contribution < 1.29 is 24.3 Å². The number of nitrogens with two attached hydrogens (primary N) is 1. The summed E-state index contributed by atoms with van der Waals surface area (Å²) in [5, 5.41) is 17.2. The molecule has 0 radical (unpaired) electrons. The molecule has 0 fully saturated rings. The van der Waals surface area contributed by atoms with E-state index in [4.69, 9.17) is 5.73 Å². The van der Waals surface area contributed by atoms with Gasteiger partial charge in [0.15, 0.2) is 0 Å². The molecule has 4 unspecified atom stereocenters. The topological polar surface area (TPSA) is 179 Å². The van der Waals surface area contributed by atoms with Crippen molar-refractivity contribution in [1.29, 1.82) is 0 Å². The van der Waals surface area contributed by atoms with E-state index in [-0.39, 0.29) is 18.6 Å². The van der Waals surface area contributed by atoms with Gasteiger partial charge in [0.05, 0.1) is 12.4 Å². The van der Waals surface area contributed by atoms with Crippen molar-refractivity contribution in [2.75, 3.05) is 17.8 Å². The van der Waals surface area contributed by atoms with Gasteiger partial charge in [0.1, 0.15) is 18.1 Å². The van der Waals surface area contributed by atoms with E-state index in [2.05, 4.69) is 38.5 Å². The first-order valence-corrected chi connectivity index (χ1v) is 13.3. The summed E-state index contributed by atoms with van der Waals surface area (Å²) in [7, 11) is 0. The number of carbonyl (C=O) groups excluding carboxylic acids is 3. The molecule has 0 saturated heterocycles. The Bertz CT molecular complexity index is 992. The summed E-state index contributed by atoms with van der Waals surface area (Å²) in [6, 6.07) is 4.73. The number of H-pyrrole nitrogens is 1. The number of aromatic nitrogens is 2. The van der Waals surface area contributed by atoms with E-state index in [9.17, 15) is 24.3 Å². The molecule has 4 atom stereocenters. The number of carbonyl (C=O) groups is 4. The highest BCUT2D eigenvalue weighted by Gasteiger charge is 2.29. The number of amides is 3. The smallest absolute Gasteiger partial charge is 0.326 e. The van der Waals surface area contributed by atoms with E-state index in [1.807, 2.05) is 6.26 Å². The predicted molar refractivity (Wildman–Crippen MR) is 141 cm³/mol. The van der Waals surface area contributed by atoms with Crippen LogP contribution >= 0.6 is 24.4 Å². The zero-order chi connectivity index (χ0) is 26.5. The number of rotatable bonds is 15. The van der Waals surface area contributed by atoms with E-state index in [1.165, 1.54) is 18.1 Å². The van der Waals surface area contributed by atoms with Gasteiger partial charge in [-0.1, -0.05) is 30.3 Å². The Morgan fingerprint density at radius 2 is 1.67 bits per heavy atom. The van der Waals surface area contributed by atoms with Crippen molar-refractivity contribution in [3.63, 3.8) is 0 Å². The Balaban J connectivity index is 2.01. The Labute approximate surface area is 219 Å². The van der Waals surface area contributed by atoms with Gasteiger partial charge in [-0.25, -0.2) is 9.78 Å². The van der Waals surface area contributed by atoms with Gasteiger partial charge in [-0.15, -0.1) is 0 Å². The third-order valence-electron chi connectivity index (χ3n) is 5.29. The monoisotopic (exact) mass is 536 g/mol. The van der Waals surface area contributed by atoms with E-state index < -0.39 is 47.9 Å². The zero-order valence-electron chi connectivity index (χ0n) is 19.8. The number of thiol groups is 1. The predicted octanol–water partition coefficient (Wildman–Crippen LogP) is -0.256. The first-order chi connectivity index (χ1) is 17.2. The van der Waals surface area contributed by atoms with Crippen molar-refractivity contribution >= 4 is 48.1 Å². The summed E-state index contributed by atoms with van der Waals surface area (Å²) >= 11 is 5.64. The van der Waals surface area contributed by atoms with Gasteiger partial charge in [-0.05, 0) is 24.0 Å². The quantitative estimate of drug-likeness (QED) is 0.152. The second-order valence-corrected chi connectivity index (χ2v) is 9.41. The lowest BCUT2D eigenvalue weighted by Crippen LogP contribution is -2.58. The van der Waals surface area contributed by atoms with Crippen LogP contribution in [0.15, 0.2) is 42.9 Å². The molecule has 196 valence electrons. The molecule has 1 heterocycles. The summed E-state index contributed by atoms with van der Waals surface area (Å²) in [6.45, 7) is 0. The number of hydrogen-bond acceptors (Lipinski definition) is 8. The molecule has 2 rings (SSSR count). The second-order valence-electron chi connectivity index (χ2n) is 8.06. The average molecular weight is 537 g/mol. The van der Waals surface area contributed by atoms with Crippen LogP contribution in [-0.2, 0) is 32.0 Å². The number of thioether (sulfide) groups is 1. The molecule has 11 nitrogen and oxygen atoms in total. The van der Waals surface area contributed by atoms with Gasteiger partial charge in [-0.3, -0.25) is 14.4 Å². The number of nitrogens with one attached hydrogen (secondary N) is 4. The molecule has 0 aliphatic carbocycles. The maximum Gasteiger partial charge on any atom is 0.326 e. The fourth-order valence-corrected chi connectivity index (χ4v) is 4.03. The summed E-state index contributed by atoms with van der Waals surface area (Å²) in [5.41, 5.74) is 7.40. The number of imidazole rings is 1. The van der Waals surface area contributed by atoms with Crippen LogP contribution in [0.25, 0.3) is 0 Å². The molecule has 0 aliphatic heterocycles. The van der Waals surface area contributed by atoms with Crippen molar-refractivity contribution in [3.05, 3.63) is 54.1 Å². The van der Waals surface area contributed by atoms with E-state index in [0.717, 1.165) is 5.56 Å². The lowest BCUT2D eigenvalue weighted by Gasteiger charge is -2.24. The highest BCUT2D eigenvalue weighted by molar-refractivity contribution is 7.98. The maximum atomic E-state index is 13.0. The molecule has 36 heavy (non-hydrogen) atoms. The largest absolute Gasteiger partial charge is 0.480 e. The molecule has 3 amide bonds. The number of hydrogen-bond donors (Lipinski definition) is 7. The third kappa shape index (κ3) is 9.55. The van der Waals surface area contributed by atoms with Crippen molar-refractivity contribution in [1.82, 2.24) is 25.9 Å². The van der Waals surface area contributed by atoms with Gasteiger partial charge < -0.3 is 31.8 Å². The molecule has 1 aromatic carbocycles. The lowest BCUT2D eigenvalue weighted by atomic mass is 10.1. The number of nitrogens with zero attached hydrogens (tertiary/aromatic N) is 1. The minimum Gasteiger partial charge on any atom is -0.480 e. The van der Waals surface area contributed by atoms with Crippen molar-refractivity contribution in [2.45, 2.75) is 43.4 Å². The number of carboxylic acid groups (broad SMARTS) is 1. The molecule has 0 saturated carbocycles. The molecule has 0 bridgehead atoms. The molecular formula is C23H32N6O5S2. The SMILES string of the molecule is CSCCC(NC(=O)C(N)Cc1cnc[nH]1)C(=O)NC(CS)C(=O)NC(Cc1ccccc1)C(=O)O. The van der Waals surface area contributed by atoms with Gasteiger partial charge >= 0.3 is 5.97 Å². The van der Waals surface area contributed by atoms with Crippen LogP contribution in [0.3, 0.4) is 0 Å². The number of carboxylic acids is 1. The van der Waals surface area contributed by atoms with Crippen LogP contribution in [0, 0.1) is 0 Å². The van der Waals surface area contributed by atoms with Crippen LogP contribution in [0.2, 0.25) is 0 Å². The average Bonchev–Trinajstić information content (AvgIpc) is 3.37. The van der Waals surface area contributed by atoms with Crippen LogP contribution in [0.1, 0.15) is 17.7 Å². The van der Waals surface area contributed by atoms with Gasteiger partial charge in [0.2, 0.25) is 17.7 Å². The van der Waals surface area contributed by atoms with E-state index in [1.54, 1.807) is 36.5 Å². The lowest BCUT2D eigenvalue weighted by molar-refractivity contribution is -0.142. The molecule has 0 spiro atoms. The molecule has 2 aromatic rings. The van der Waals surface area contributed by atoms with Crippen LogP contribution in [-0.4, -0.2) is 80.7 Å². The number of benzene rings is 1. The number of aromatic amines is 1. The first kappa shape index (κ1) is 29.2. The Hall–Kier alpha value is -3.03. The van der Waals surface area contributed by atoms with Gasteiger partial charge in [0, 0.05) is 30.5 Å². The zero-order valence-corrected chi connectivity index (χ0v) is 21.6. The van der Waals surface area contributed by atoms with Crippen LogP contribution in [0.4, 0.5) is 0 Å². The van der Waals surface area contributed by atoms with Gasteiger partial charge in [-0.2, -0.15) is 24.4 Å². The fourth-order valence-electron chi connectivity index (χ4n) is 3.30. The normalized spacial score (nSPS) is 14.2. The Morgan fingerprint density at radius 3 is 2.25 bits per heavy atom. The third-order valence-corrected chi connectivity index (χ3v) is 6.30. The summed E-state index contributed by atoms with van der Waals surface area (Å²) < 4.78 is 0. The summed E-state index contributed by atoms with van der Waals surface area (Å²) in [5.74, 6) is -2.50. The first-order valence-electron chi connectivity index (χ1n) is 11.3. The van der Waals surface area contributed by atoms with Gasteiger partial charge in [0.25, 0.3) is 0 Å². The minimum atomic E-state index is -1.20. The van der Waals surface area contributed by atoms with Crippen LogP contribution in [0.5, 0.6) is 0 Å². The molecule has 13 heteroatoms. The van der Waals surface area contributed by atoms with Crippen LogP contribution < -0.4 is 21.7 Å². The summed E-state index contributed by atoms with van der Waals surface area (Å²) in [6.07, 6.45) is 5.50.